The minimum atomic E-state index is -0.390. The third kappa shape index (κ3) is 4.28. The van der Waals surface area contributed by atoms with Crippen LogP contribution in [0.1, 0.15) is 33.6 Å². The van der Waals surface area contributed by atoms with E-state index >= 15 is 0 Å². The lowest BCUT2D eigenvalue weighted by Gasteiger charge is -2.36. The second-order valence-corrected chi connectivity index (χ2v) is 5.64. The zero-order valence-corrected chi connectivity index (χ0v) is 11.6. The van der Waals surface area contributed by atoms with Crippen molar-refractivity contribution in [2.24, 2.45) is 11.7 Å². The summed E-state index contributed by atoms with van der Waals surface area (Å²) in [5.41, 5.74) is 5.71. The summed E-state index contributed by atoms with van der Waals surface area (Å²) in [7, 11) is 2.15. The topological polar surface area (TPSA) is 49.6 Å². The highest BCUT2D eigenvalue weighted by Gasteiger charge is 2.25. The van der Waals surface area contributed by atoms with Crippen molar-refractivity contribution in [2.75, 3.05) is 26.7 Å². The Morgan fingerprint density at radius 1 is 1.47 bits per heavy atom. The molecule has 4 heteroatoms. The molecular formula is C13H27N3O. The highest BCUT2D eigenvalue weighted by molar-refractivity contribution is 5.81. The SMILES string of the molecule is CC(N)C(=O)N(CC1CCCN(C)C1)C(C)C. The lowest BCUT2D eigenvalue weighted by atomic mass is 9.97. The number of nitrogens with two attached hydrogens (primary N) is 1. The number of carbonyl (C=O) groups is 1. The summed E-state index contributed by atoms with van der Waals surface area (Å²) < 4.78 is 0. The van der Waals surface area contributed by atoms with Crippen LogP contribution >= 0.6 is 0 Å². The molecule has 17 heavy (non-hydrogen) atoms. The zero-order chi connectivity index (χ0) is 13.0. The zero-order valence-electron chi connectivity index (χ0n) is 11.6. The van der Waals surface area contributed by atoms with E-state index in [2.05, 4.69) is 25.8 Å². The number of hydrogen-bond acceptors (Lipinski definition) is 3. The van der Waals surface area contributed by atoms with Crippen LogP contribution in [0.2, 0.25) is 0 Å². The van der Waals surface area contributed by atoms with Crippen molar-refractivity contribution >= 4 is 5.91 Å². The van der Waals surface area contributed by atoms with Gasteiger partial charge < -0.3 is 15.5 Å². The molecule has 1 fully saturated rings. The molecule has 0 aromatic carbocycles. The first-order chi connectivity index (χ1) is 7.91. The summed E-state index contributed by atoms with van der Waals surface area (Å²) in [5.74, 6) is 0.673. The van der Waals surface area contributed by atoms with E-state index in [1.54, 1.807) is 6.92 Å². The number of carbonyl (C=O) groups excluding carboxylic acids is 1. The van der Waals surface area contributed by atoms with Gasteiger partial charge in [0.05, 0.1) is 6.04 Å². The van der Waals surface area contributed by atoms with Crippen molar-refractivity contribution in [1.82, 2.24) is 9.80 Å². The van der Waals surface area contributed by atoms with Crippen LogP contribution in [0.5, 0.6) is 0 Å². The van der Waals surface area contributed by atoms with Crippen LogP contribution < -0.4 is 5.73 Å². The van der Waals surface area contributed by atoms with Crippen molar-refractivity contribution in [2.45, 2.75) is 45.7 Å². The Morgan fingerprint density at radius 2 is 2.12 bits per heavy atom. The lowest BCUT2D eigenvalue weighted by Crippen LogP contribution is -2.49. The first-order valence-electron chi connectivity index (χ1n) is 6.66. The molecule has 1 aliphatic rings. The molecule has 1 aliphatic heterocycles. The van der Waals surface area contributed by atoms with Gasteiger partial charge in [-0.1, -0.05) is 0 Å². The van der Waals surface area contributed by atoms with Crippen LogP contribution in [0, 0.1) is 5.92 Å². The fourth-order valence-corrected chi connectivity index (χ4v) is 2.52. The summed E-state index contributed by atoms with van der Waals surface area (Å²) in [6.07, 6.45) is 2.46. The van der Waals surface area contributed by atoms with E-state index in [-0.39, 0.29) is 11.9 Å². The molecule has 1 saturated heterocycles. The maximum atomic E-state index is 12.0. The van der Waals surface area contributed by atoms with E-state index in [9.17, 15) is 4.79 Å². The molecule has 2 atom stereocenters. The fraction of sp³-hybridized carbons (Fsp3) is 0.923. The first-order valence-corrected chi connectivity index (χ1v) is 6.66. The van der Waals surface area contributed by atoms with Crippen molar-refractivity contribution in [3.05, 3.63) is 0 Å². The van der Waals surface area contributed by atoms with Gasteiger partial charge in [0.1, 0.15) is 0 Å². The van der Waals surface area contributed by atoms with Gasteiger partial charge in [0.15, 0.2) is 0 Å². The Balaban J connectivity index is 2.57. The Bertz CT molecular complexity index is 253. The summed E-state index contributed by atoms with van der Waals surface area (Å²) in [4.78, 5) is 16.3. The standard InChI is InChI=1S/C13H27N3O/c1-10(2)16(13(17)11(3)14)9-12-6-5-7-15(4)8-12/h10-12H,5-9,14H2,1-4H3. The molecule has 0 radical (unpaired) electrons. The lowest BCUT2D eigenvalue weighted by molar-refractivity contribution is -0.134. The van der Waals surface area contributed by atoms with E-state index in [4.69, 9.17) is 5.73 Å². The van der Waals surface area contributed by atoms with Gasteiger partial charge in [-0.2, -0.15) is 0 Å². The predicted molar refractivity (Wildman–Crippen MR) is 70.7 cm³/mol. The maximum Gasteiger partial charge on any atom is 0.239 e. The predicted octanol–water partition coefficient (Wildman–Crippen LogP) is 0.912. The molecule has 0 saturated carbocycles. The number of likely N-dealkylation sites (tertiary alicyclic amines) is 1. The summed E-state index contributed by atoms with van der Waals surface area (Å²) in [5, 5.41) is 0. The highest BCUT2D eigenvalue weighted by Crippen LogP contribution is 2.17. The van der Waals surface area contributed by atoms with Crippen LogP contribution in [0.25, 0.3) is 0 Å². The largest absolute Gasteiger partial charge is 0.339 e. The second-order valence-electron chi connectivity index (χ2n) is 5.64. The quantitative estimate of drug-likeness (QED) is 0.796. The molecule has 1 heterocycles. The molecule has 0 bridgehead atoms. The van der Waals surface area contributed by atoms with Gasteiger partial charge >= 0.3 is 0 Å². The third-order valence-corrected chi connectivity index (χ3v) is 3.47. The molecule has 2 unspecified atom stereocenters. The number of nitrogens with zero attached hydrogens (tertiary/aromatic N) is 2. The maximum absolute atomic E-state index is 12.0. The average Bonchev–Trinajstić information content (AvgIpc) is 2.24. The number of amides is 1. The fourth-order valence-electron chi connectivity index (χ4n) is 2.52. The third-order valence-electron chi connectivity index (χ3n) is 3.47. The van der Waals surface area contributed by atoms with Crippen molar-refractivity contribution in [3.63, 3.8) is 0 Å². The molecular weight excluding hydrogens is 214 g/mol. The van der Waals surface area contributed by atoms with E-state index < -0.39 is 6.04 Å². The molecule has 0 spiro atoms. The first kappa shape index (κ1) is 14.5. The van der Waals surface area contributed by atoms with Gasteiger partial charge in [0.25, 0.3) is 0 Å². The van der Waals surface area contributed by atoms with Crippen LogP contribution in [-0.4, -0.2) is 54.5 Å². The van der Waals surface area contributed by atoms with Crippen molar-refractivity contribution in [3.8, 4) is 0 Å². The van der Waals surface area contributed by atoms with Gasteiger partial charge in [-0.3, -0.25) is 4.79 Å². The van der Waals surface area contributed by atoms with E-state index in [0.717, 1.165) is 13.1 Å². The van der Waals surface area contributed by atoms with Gasteiger partial charge in [-0.15, -0.1) is 0 Å². The summed E-state index contributed by atoms with van der Waals surface area (Å²) in [6.45, 7) is 9.02. The van der Waals surface area contributed by atoms with Gasteiger partial charge in [0.2, 0.25) is 5.91 Å². The Kier molecular flexibility index (Phi) is 5.40. The van der Waals surface area contributed by atoms with Crippen LogP contribution in [0.15, 0.2) is 0 Å². The number of piperidine rings is 1. The minimum Gasteiger partial charge on any atom is -0.339 e. The normalized spacial score (nSPS) is 23.8. The molecule has 1 amide bonds. The van der Waals surface area contributed by atoms with E-state index in [0.29, 0.717) is 5.92 Å². The molecule has 0 aliphatic carbocycles. The van der Waals surface area contributed by atoms with Gasteiger partial charge in [0, 0.05) is 19.1 Å². The Labute approximate surface area is 105 Å². The summed E-state index contributed by atoms with van der Waals surface area (Å²) >= 11 is 0. The minimum absolute atomic E-state index is 0.0771. The number of hydrogen-bond donors (Lipinski definition) is 1. The van der Waals surface area contributed by atoms with Crippen LogP contribution in [0.4, 0.5) is 0 Å². The van der Waals surface area contributed by atoms with Gasteiger partial charge in [-0.05, 0) is 53.1 Å². The van der Waals surface area contributed by atoms with E-state index in [1.165, 1.54) is 19.4 Å². The van der Waals surface area contributed by atoms with E-state index in [1.807, 2.05) is 4.90 Å². The molecule has 0 aromatic rings. The molecule has 1 rings (SSSR count). The highest BCUT2D eigenvalue weighted by atomic mass is 16.2. The number of rotatable bonds is 4. The average molecular weight is 241 g/mol. The Morgan fingerprint density at radius 3 is 2.59 bits per heavy atom. The van der Waals surface area contributed by atoms with Crippen molar-refractivity contribution < 1.29 is 4.79 Å². The summed E-state index contributed by atoms with van der Waals surface area (Å²) in [6, 6.07) is -0.153. The van der Waals surface area contributed by atoms with Crippen LogP contribution in [0.3, 0.4) is 0 Å². The molecule has 0 aromatic heterocycles. The second kappa shape index (κ2) is 6.36. The molecule has 100 valence electrons. The smallest absolute Gasteiger partial charge is 0.239 e. The van der Waals surface area contributed by atoms with Gasteiger partial charge in [-0.25, -0.2) is 0 Å². The van der Waals surface area contributed by atoms with Crippen LogP contribution in [-0.2, 0) is 4.79 Å². The Hall–Kier alpha value is -0.610. The van der Waals surface area contributed by atoms with Crippen molar-refractivity contribution in [1.29, 1.82) is 0 Å². The molecule has 2 N–H and O–H groups in total. The molecule has 4 nitrogen and oxygen atoms in total. The monoisotopic (exact) mass is 241 g/mol.